The average molecular weight is 1040 g/mol. The molecule has 0 spiro atoms. The number of benzene rings is 8. The average Bonchev–Trinajstić information content (AvgIpc) is 3.38. The summed E-state index contributed by atoms with van der Waals surface area (Å²) in [6.07, 6.45) is 6.85. The van der Waals surface area contributed by atoms with Crippen molar-refractivity contribution in [3.8, 4) is 23.0 Å². The Labute approximate surface area is 463 Å². The molecule has 0 fully saturated rings. The Morgan fingerprint density at radius 1 is 0.321 bits per heavy atom. The third-order valence-electron chi connectivity index (χ3n) is 14.2. The first-order chi connectivity index (χ1) is 36.7. The van der Waals surface area contributed by atoms with E-state index < -0.39 is 5.41 Å². The van der Waals surface area contributed by atoms with Crippen LogP contribution in [0.15, 0.2) is 191 Å². The molecular weight excluding hydrogens is 959 g/mol. The molecule has 0 radical (unpaired) electrons. The first-order valence-corrected chi connectivity index (χ1v) is 26.7. The Bertz CT molecular complexity index is 3180. The van der Waals surface area contributed by atoms with E-state index in [1.165, 1.54) is 0 Å². The van der Waals surface area contributed by atoms with Crippen LogP contribution in [0.1, 0.15) is 155 Å². The second kappa shape index (κ2) is 23.1. The second-order valence-electron chi connectivity index (χ2n) is 24.2. The molecule has 0 aliphatic rings. The molecule has 8 rings (SSSR count). The summed E-state index contributed by atoms with van der Waals surface area (Å²) in [6, 6.07) is 56.7. The predicted octanol–water partition coefficient (Wildman–Crippen LogP) is 18.0. The fourth-order valence-electron chi connectivity index (χ4n) is 9.77. The molecule has 8 aromatic carbocycles. The molecule has 8 aromatic rings. The van der Waals surface area contributed by atoms with Gasteiger partial charge < -0.3 is 20.4 Å². The zero-order valence-electron chi connectivity index (χ0n) is 47.8. The zero-order valence-corrected chi connectivity index (χ0v) is 47.8. The van der Waals surface area contributed by atoms with Crippen molar-refractivity contribution in [1.29, 1.82) is 0 Å². The summed E-state index contributed by atoms with van der Waals surface area (Å²) in [5.41, 5.74) is 12.4. The van der Waals surface area contributed by atoms with E-state index in [2.05, 4.69) is 157 Å². The van der Waals surface area contributed by atoms with Crippen molar-refractivity contribution < 1.29 is 20.4 Å². The normalized spacial score (nSPS) is 13.1. The summed E-state index contributed by atoms with van der Waals surface area (Å²) in [4.78, 5) is 14.5. The van der Waals surface area contributed by atoms with Gasteiger partial charge in [0.05, 0.1) is 22.5 Å². The van der Waals surface area contributed by atoms with Gasteiger partial charge in [0.2, 0.25) is 0 Å². The maximum atomic E-state index is 11.1. The Hall–Kier alpha value is -8.29. The van der Waals surface area contributed by atoms with E-state index >= 15 is 0 Å². The molecule has 4 N–H and O–H groups in total. The van der Waals surface area contributed by atoms with Gasteiger partial charge in [-0.25, -0.2) is 0 Å². The van der Waals surface area contributed by atoms with E-state index in [-0.39, 0.29) is 38.9 Å². The highest BCUT2D eigenvalue weighted by atomic mass is 16.3. The number of aromatic hydroxyl groups is 4. The van der Waals surface area contributed by atoms with Crippen molar-refractivity contribution >= 4 is 41.8 Å². The van der Waals surface area contributed by atoms with Gasteiger partial charge in [-0.05, 0) is 128 Å². The quantitative estimate of drug-likeness (QED) is 0.0762. The summed E-state index contributed by atoms with van der Waals surface area (Å²) in [6.45, 7) is 30.7. The largest absolute Gasteiger partial charge is 0.507 e. The third-order valence-corrected chi connectivity index (χ3v) is 14.2. The van der Waals surface area contributed by atoms with E-state index in [0.29, 0.717) is 22.4 Å². The van der Waals surface area contributed by atoms with Gasteiger partial charge in [0, 0.05) is 40.9 Å². The number of hydrogen-bond acceptors (Lipinski definition) is 7. The van der Waals surface area contributed by atoms with Gasteiger partial charge in [-0.1, -0.05) is 217 Å². The summed E-state index contributed by atoms with van der Waals surface area (Å²) in [5, 5.41) is 43.3. The van der Waals surface area contributed by atoms with Crippen LogP contribution in [0.5, 0.6) is 23.0 Å². The Kier molecular flexibility index (Phi) is 17.0. The standard InChI is InChI=1S/C59H61N3O3.C12H16O/c1-39-20-22-43(23-21-39)59(44-24-30-47(31-25-44)60-36-40-14-11-17-50(53(40)63)56(2,3)4,45-26-32-48(33-27-45)61-37-41-15-12-18-51(54(41)64)57(5,6)7)46-28-34-49(35-29-46)62-38-42-16-13-19-52(55(42)65)58(8,9)10;1-5-9-7-6-8-10(11(9)13)12(2,3)4/h11-38,63-65H,1-10H3;5-8,13H,1H2,2-4H3. The number of nitrogens with zero attached hydrogens (tertiary/aromatic N) is 3. The lowest BCUT2D eigenvalue weighted by Crippen LogP contribution is -2.31. The molecule has 7 heteroatoms. The minimum atomic E-state index is -0.793. The van der Waals surface area contributed by atoms with Gasteiger partial charge in [-0.15, -0.1) is 0 Å². The van der Waals surface area contributed by atoms with Crippen molar-refractivity contribution in [2.75, 3.05) is 0 Å². The van der Waals surface area contributed by atoms with Crippen molar-refractivity contribution in [2.45, 2.75) is 117 Å². The lowest BCUT2D eigenvalue weighted by Gasteiger charge is -2.37. The Morgan fingerprint density at radius 3 is 0.795 bits per heavy atom. The molecule has 0 aromatic heterocycles. The van der Waals surface area contributed by atoms with Crippen LogP contribution in [-0.4, -0.2) is 39.1 Å². The fraction of sp³-hybridized carbons (Fsp3) is 0.254. The van der Waals surface area contributed by atoms with Crippen LogP contribution < -0.4 is 0 Å². The maximum absolute atomic E-state index is 11.1. The van der Waals surface area contributed by atoms with Crippen molar-refractivity contribution in [2.24, 2.45) is 15.0 Å². The van der Waals surface area contributed by atoms with E-state index in [4.69, 9.17) is 15.0 Å². The zero-order chi connectivity index (χ0) is 56.8. The number of para-hydroxylation sites is 4. The van der Waals surface area contributed by atoms with E-state index in [9.17, 15) is 20.4 Å². The van der Waals surface area contributed by atoms with Crippen LogP contribution in [0.25, 0.3) is 6.08 Å². The van der Waals surface area contributed by atoms with Crippen LogP contribution in [0.3, 0.4) is 0 Å². The van der Waals surface area contributed by atoms with E-state index in [1.807, 2.05) is 109 Å². The molecular formula is C71H77N3O4. The van der Waals surface area contributed by atoms with Crippen LogP contribution in [0.4, 0.5) is 17.1 Å². The molecule has 78 heavy (non-hydrogen) atoms. The lowest BCUT2D eigenvalue weighted by molar-refractivity contribution is 0.445. The van der Waals surface area contributed by atoms with Crippen LogP contribution >= 0.6 is 0 Å². The van der Waals surface area contributed by atoms with Gasteiger partial charge in [0.25, 0.3) is 0 Å². The third kappa shape index (κ3) is 12.9. The van der Waals surface area contributed by atoms with Crippen molar-refractivity contribution in [3.05, 3.63) is 249 Å². The molecule has 400 valence electrons. The van der Waals surface area contributed by atoms with Gasteiger partial charge in [-0.2, -0.15) is 0 Å². The highest BCUT2D eigenvalue weighted by Gasteiger charge is 2.38. The first kappa shape index (κ1) is 57.4. The number of rotatable bonds is 11. The molecule has 0 bridgehead atoms. The Morgan fingerprint density at radius 2 is 0.551 bits per heavy atom. The lowest BCUT2D eigenvalue weighted by atomic mass is 9.65. The van der Waals surface area contributed by atoms with Crippen LogP contribution in [0, 0.1) is 6.92 Å². The topological polar surface area (TPSA) is 118 Å². The first-order valence-electron chi connectivity index (χ1n) is 26.7. The van der Waals surface area contributed by atoms with E-state index in [1.54, 1.807) is 24.7 Å². The molecule has 0 unspecified atom stereocenters. The minimum Gasteiger partial charge on any atom is -0.507 e. The second-order valence-corrected chi connectivity index (χ2v) is 24.2. The number of aryl methyl sites for hydroxylation is 1. The van der Waals surface area contributed by atoms with Gasteiger partial charge in [0.15, 0.2) is 0 Å². The monoisotopic (exact) mass is 1040 g/mol. The molecule has 0 saturated carbocycles. The Balaban J connectivity index is 0.000000594. The molecule has 0 atom stereocenters. The molecule has 0 saturated heterocycles. The summed E-state index contributed by atoms with van der Waals surface area (Å²) >= 11 is 0. The molecule has 0 aliphatic heterocycles. The van der Waals surface area contributed by atoms with Crippen molar-refractivity contribution in [3.63, 3.8) is 0 Å². The van der Waals surface area contributed by atoms with Crippen LogP contribution in [-0.2, 0) is 27.1 Å². The van der Waals surface area contributed by atoms with Gasteiger partial charge in [0.1, 0.15) is 23.0 Å². The fourth-order valence-corrected chi connectivity index (χ4v) is 9.77. The molecule has 0 heterocycles. The number of aliphatic imine (C=N–C) groups is 3. The van der Waals surface area contributed by atoms with Crippen LogP contribution in [0.2, 0.25) is 0 Å². The number of phenolic OH excluding ortho intramolecular Hbond substituents is 4. The smallest absolute Gasteiger partial charge is 0.128 e. The van der Waals surface area contributed by atoms with E-state index in [0.717, 1.165) is 72.7 Å². The summed E-state index contributed by atoms with van der Waals surface area (Å²) in [7, 11) is 0. The SMILES string of the molecule is C=Cc1cccc(C(C)(C)C)c1O.Cc1ccc(C(c2ccc(N=Cc3cccc(C(C)(C)C)c3O)cc2)(c2ccc(N=Cc3cccc(C(C)(C)C)c3O)cc2)c2ccc(N=Cc3cccc(C(C)(C)C)c3O)cc2)cc1. The highest BCUT2D eigenvalue weighted by Crippen LogP contribution is 2.47. The van der Waals surface area contributed by atoms with Crippen molar-refractivity contribution in [1.82, 2.24) is 0 Å². The number of phenols is 4. The minimum absolute atomic E-state index is 0.0247. The molecule has 0 aliphatic carbocycles. The highest BCUT2D eigenvalue weighted by molar-refractivity contribution is 5.88. The van der Waals surface area contributed by atoms with Gasteiger partial charge in [-0.3, -0.25) is 15.0 Å². The summed E-state index contributed by atoms with van der Waals surface area (Å²) in [5.74, 6) is 1.07. The maximum Gasteiger partial charge on any atom is 0.128 e. The van der Waals surface area contributed by atoms with Gasteiger partial charge >= 0.3 is 0 Å². The predicted molar refractivity (Wildman–Crippen MR) is 329 cm³/mol. The molecule has 0 amide bonds. The summed E-state index contributed by atoms with van der Waals surface area (Å²) < 4.78 is 0. The molecule has 7 nitrogen and oxygen atoms in total. The number of hydrogen-bond donors (Lipinski definition) is 4.